The molecule has 6 nitrogen and oxygen atoms in total. The molecule has 2 fully saturated rings. The van der Waals surface area contributed by atoms with Crippen molar-refractivity contribution in [2.75, 3.05) is 31.6 Å². The van der Waals surface area contributed by atoms with Gasteiger partial charge in [-0.3, -0.25) is 9.59 Å². The molecule has 3 N–H and O–H groups in total. The first kappa shape index (κ1) is 20.0. The van der Waals surface area contributed by atoms with Gasteiger partial charge in [-0.25, -0.2) is 0 Å². The van der Waals surface area contributed by atoms with Crippen LogP contribution in [0.3, 0.4) is 0 Å². The molecule has 8 heteroatoms. The molecule has 3 rings (SSSR count). The van der Waals surface area contributed by atoms with Crippen LogP contribution in [0.1, 0.15) is 29.6 Å². The van der Waals surface area contributed by atoms with E-state index in [1.807, 2.05) is 0 Å². The minimum absolute atomic E-state index is 0. The Labute approximate surface area is 158 Å². The number of benzene rings is 1. The molecule has 0 bridgehead atoms. The smallest absolute Gasteiger partial charge is 0.253 e. The highest BCUT2D eigenvalue weighted by atomic mass is 35.5. The maximum absolute atomic E-state index is 12.4. The third-order valence-corrected chi connectivity index (χ3v) is 4.41. The van der Waals surface area contributed by atoms with Crippen molar-refractivity contribution >= 4 is 41.5 Å². The van der Waals surface area contributed by atoms with Crippen LogP contribution in [0.25, 0.3) is 0 Å². The van der Waals surface area contributed by atoms with Crippen molar-refractivity contribution in [1.82, 2.24) is 10.6 Å². The highest BCUT2D eigenvalue weighted by Crippen LogP contribution is 2.28. The summed E-state index contributed by atoms with van der Waals surface area (Å²) in [6, 6.07) is 4.91. The SMILES string of the molecule is Cl.O=C(CC1COCCN1)Nc1ccc(Cl)cc1C(=O)NCC1CC1. The van der Waals surface area contributed by atoms with Gasteiger partial charge < -0.3 is 20.7 Å². The van der Waals surface area contributed by atoms with Crippen molar-refractivity contribution in [1.29, 1.82) is 0 Å². The summed E-state index contributed by atoms with van der Waals surface area (Å²) in [5.74, 6) is 0.221. The largest absolute Gasteiger partial charge is 0.378 e. The summed E-state index contributed by atoms with van der Waals surface area (Å²) in [5.41, 5.74) is 0.874. The number of anilines is 1. The fraction of sp³-hybridized carbons (Fsp3) is 0.529. The second-order valence-electron chi connectivity index (χ2n) is 6.32. The van der Waals surface area contributed by atoms with Gasteiger partial charge in [0.2, 0.25) is 5.91 Å². The first-order valence-electron chi connectivity index (χ1n) is 8.30. The molecule has 1 aromatic rings. The summed E-state index contributed by atoms with van der Waals surface area (Å²) in [7, 11) is 0. The fourth-order valence-corrected chi connectivity index (χ4v) is 2.82. The van der Waals surface area contributed by atoms with Gasteiger partial charge in [0, 0.05) is 30.6 Å². The average molecular weight is 388 g/mol. The van der Waals surface area contributed by atoms with Gasteiger partial charge >= 0.3 is 0 Å². The van der Waals surface area contributed by atoms with E-state index >= 15 is 0 Å². The van der Waals surface area contributed by atoms with E-state index in [0.29, 0.717) is 48.4 Å². The average Bonchev–Trinajstić information content (AvgIpc) is 3.39. The third-order valence-electron chi connectivity index (χ3n) is 4.18. The van der Waals surface area contributed by atoms with E-state index in [1.165, 1.54) is 0 Å². The highest BCUT2D eigenvalue weighted by molar-refractivity contribution is 6.31. The first-order chi connectivity index (χ1) is 11.6. The van der Waals surface area contributed by atoms with Crippen LogP contribution in [0.2, 0.25) is 5.02 Å². The van der Waals surface area contributed by atoms with Crippen molar-refractivity contribution in [2.45, 2.75) is 25.3 Å². The van der Waals surface area contributed by atoms with E-state index in [1.54, 1.807) is 18.2 Å². The molecule has 0 radical (unpaired) electrons. The van der Waals surface area contributed by atoms with Crippen LogP contribution >= 0.6 is 24.0 Å². The Kier molecular flexibility index (Phi) is 7.50. The van der Waals surface area contributed by atoms with Gasteiger partial charge in [0.1, 0.15) is 0 Å². The number of amides is 2. The standard InChI is InChI=1S/C17H22ClN3O3.ClH/c18-12-3-4-15(14(7-12)17(23)20-9-11-1-2-11)21-16(22)8-13-10-24-6-5-19-13;/h3-4,7,11,13,19H,1-2,5-6,8-10H2,(H,20,23)(H,21,22);1H. The maximum Gasteiger partial charge on any atom is 0.253 e. The van der Waals surface area contributed by atoms with E-state index in [0.717, 1.165) is 19.4 Å². The molecular weight excluding hydrogens is 365 g/mol. The molecule has 1 aromatic carbocycles. The van der Waals surface area contributed by atoms with Crippen molar-refractivity contribution in [3.8, 4) is 0 Å². The molecule has 2 aliphatic rings. The van der Waals surface area contributed by atoms with Gasteiger partial charge in [0.25, 0.3) is 5.91 Å². The maximum atomic E-state index is 12.4. The monoisotopic (exact) mass is 387 g/mol. The lowest BCUT2D eigenvalue weighted by Crippen LogP contribution is -2.43. The quantitative estimate of drug-likeness (QED) is 0.698. The van der Waals surface area contributed by atoms with E-state index in [4.69, 9.17) is 16.3 Å². The summed E-state index contributed by atoms with van der Waals surface area (Å²) < 4.78 is 5.35. The van der Waals surface area contributed by atoms with Crippen molar-refractivity contribution in [2.24, 2.45) is 5.92 Å². The molecule has 1 atom stereocenters. The lowest BCUT2D eigenvalue weighted by Gasteiger charge is -2.23. The number of ether oxygens (including phenoxy) is 1. The van der Waals surface area contributed by atoms with Gasteiger partial charge in [-0.2, -0.15) is 0 Å². The zero-order valence-corrected chi connectivity index (χ0v) is 15.4. The Balaban J connectivity index is 0.00000225. The molecule has 1 aliphatic heterocycles. The van der Waals surface area contributed by atoms with E-state index in [2.05, 4.69) is 16.0 Å². The summed E-state index contributed by atoms with van der Waals surface area (Å²) >= 11 is 6.01. The van der Waals surface area contributed by atoms with E-state index in [-0.39, 0.29) is 30.3 Å². The Hall–Kier alpha value is -1.34. The first-order valence-corrected chi connectivity index (χ1v) is 8.68. The summed E-state index contributed by atoms with van der Waals surface area (Å²) in [6.07, 6.45) is 2.62. The minimum Gasteiger partial charge on any atom is -0.378 e. The molecule has 2 amide bonds. The van der Waals surface area contributed by atoms with Crippen LogP contribution in [-0.2, 0) is 9.53 Å². The number of hydrogen-bond donors (Lipinski definition) is 3. The molecule has 1 unspecified atom stereocenters. The molecule has 1 heterocycles. The van der Waals surface area contributed by atoms with Gasteiger partial charge in [0.15, 0.2) is 0 Å². The van der Waals surface area contributed by atoms with Crippen LogP contribution in [0.5, 0.6) is 0 Å². The number of morpholine rings is 1. The summed E-state index contributed by atoms with van der Waals surface area (Å²) in [5, 5.41) is 9.42. The topological polar surface area (TPSA) is 79.5 Å². The second-order valence-corrected chi connectivity index (χ2v) is 6.76. The fourth-order valence-electron chi connectivity index (χ4n) is 2.64. The zero-order chi connectivity index (χ0) is 16.9. The molecule has 1 saturated carbocycles. The van der Waals surface area contributed by atoms with Crippen LogP contribution in [0.15, 0.2) is 18.2 Å². The summed E-state index contributed by atoms with van der Waals surface area (Å²) in [4.78, 5) is 24.6. The lowest BCUT2D eigenvalue weighted by atomic mass is 10.1. The highest BCUT2D eigenvalue weighted by Gasteiger charge is 2.23. The molecule has 0 spiro atoms. The lowest BCUT2D eigenvalue weighted by molar-refractivity contribution is -0.117. The predicted molar refractivity (Wildman–Crippen MR) is 99.6 cm³/mol. The van der Waals surface area contributed by atoms with Crippen LogP contribution in [0.4, 0.5) is 5.69 Å². The molecule has 1 saturated heterocycles. The molecule has 1 aliphatic carbocycles. The Morgan fingerprint density at radius 3 is 2.80 bits per heavy atom. The van der Waals surface area contributed by atoms with E-state index in [9.17, 15) is 9.59 Å². The number of nitrogens with one attached hydrogen (secondary N) is 3. The van der Waals surface area contributed by atoms with Crippen LogP contribution < -0.4 is 16.0 Å². The van der Waals surface area contributed by atoms with Gasteiger partial charge in [-0.15, -0.1) is 12.4 Å². The van der Waals surface area contributed by atoms with Crippen molar-refractivity contribution < 1.29 is 14.3 Å². The van der Waals surface area contributed by atoms with Crippen LogP contribution in [-0.4, -0.2) is 44.2 Å². The van der Waals surface area contributed by atoms with Crippen molar-refractivity contribution in [3.63, 3.8) is 0 Å². The number of rotatable bonds is 6. The van der Waals surface area contributed by atoms with Gasteiger partial charge in [-0.1, -0.05) is 11.6 Å². The molecule has 138 valence electrons. The number of carbonyl (C=O) groups is 2. The number of hydrogen-bond acceptors (Lipinski definition) is 4. The molecule has 25 heavy (non-hydrogen) atoms. The van der Waals surface area contributed by atoms with E-state index < -0.39 is 0 Å². The zero-order valence-electron chi connectivity index (χ0n) is 13.8. The Bertz CT molecular complexity index is 617. The third kappa shape index (κ3) is 6.15. The van der Waals surface area contributed by atoms with Crippen LogP contribution in [0, 0.1) is 5.92 Å². The Morgan fingerprint density at radius 1 is 1.32 bits per heavy atom. The van der Waals surface area contributed by atoms with Gasteiger partial charge in [0.05, 0.1) is 24.5 Å². The Morgan fingerprint density at radius 2 is 2.12 bits per heavy atom. The number of halogens is 2. The normalized spacial score (nSPS) is 19.6. The predicted octanol–water partition coefficient (Wildman–Crippen LogP) is 2.22. The molecular formula is C17H23Cl2N3O3. The number of carbonyl (C=O) groups excluding carboxylic acids is 2. The minimum atomic E-state index is -0.209. The van der Waals surface area contributed by atoms with Crippen molar-refractivity contribution in [3.05, 3.63) is 28.8 Å². The summed E-state index contributed by atoms with van der Waals surface area (Å²) in [6.45, 7) is 2.60. The van der Waals surface area contributed by atoms with Gasteiger partial charge in [-0.05, 0) is 37.0 Å². The molecule has 0 aromatic heterocycles. The second kappa shape index (κ2) is 9.38.